The van der Waals surface area contributed by atoms with Crippen LogP contribution in [0.25, 0.3) is 0 Å². The number of aromatic nitrogens is 4. The van der Waals surface area contributed by atoms with Crippen LogP contribution >= 0.6 is 11.6 Å². The predicted octanol–water partition coefficient (Wildman–Crippen LogP) is 2.75. The predicted molar refractivity (Wildman–Crippen MR) is 96.4 cm³/mol. The van der Waals surface area contributed by atoms with Gasteiger partial charge in [0.2, 0.25) is 0 Å². The Kier molecular flexibility index (Phi) is 5.36. The number of nitrogens with zero attached hydrogens (tertiary/aromatic N) is 5. The molecule has 3 rings (SSSR count). The molecule has 3 heterocycles. The molecule has 0 bridgehead atoms. The van der Waals surface area contributed by atoms with Gasteiger partial charge < -0.3 is 10.2 Å². The summed E-state index contributed by atoms with van der Waals surface area (Å²) in [6.45, 7) is 6.98. The molecule has 0 amide bonds. The highest BCUT2D eigenvalue weighted by molar-refractivity contribution is 6.30. The van der Waals surface area contributed by atoms with Crippen molar-refractivity contribution >= 4 is 17.4 Å². The molecule has 0 radical (unpaired) electrons. The van der Waals surface area contributed by atoms with E-state index in [4.69, 9.17) is 11.6 Å². The molecule has 0 aromatic carbocycles. The zero-order valence-corrected chi connectivity index (χ0v) is 15.3. The molecule has 1 N–H and O–H groups in total. The SMILES string of the molecule is CC(C)c1nn(C)c(Cl)c1CNC[C@H]1CCCN1c1cccnn1. The zero-order chi connectivity index (χ0) is 17.1. The van der Waals surface area contributed by atoms with Crippen molar-refractivity contribution in [2.45, 2.75) is 45.2 Å². The molecular weight excluding hydrogens is 324 g/mol. The van der Waals surface area contributed by atoms with Crippen molar-refractivity contribution in [3.8, 4) is 0 Å². The summed E-state index contributed by atoms with van der Waals surface area (Å²) in [5.74, 6) is 1.33. The summed E-state index contributed by atoms with van der Waals surface area (Å²) in [5, 5.41) is 17.1. The first-order valence-electron chi connectivity index (χ1n) is 8.54. The van der Waals surface area contributed by atoms with Gasteiger partial charge in [0, 0.05) is 44.5 Å². The molecule has 130 valence electrons. The summed E-state index contributed by atoms with van der Waals surface area (Å²) in [5.41, 5.74) is 2.19. The summed E-state index contributed by atoms with van der Waals surface area (Å²) < 4.78 is 1.76. The van der Waals surface area contributed by atoms with Gasteiger partial charge >= 0.3 is 0 Å². The van der Waals surface area contributed by atoms with Gasteiger partial charge in [0.25, 0.3) is 0 Å². The van der Waals surface area contributed by atoms with Crippen LogP contribution in [0.3, 0.4) is 0 Å². The van der Waals surface area contributed by atoms with E-state index in [1.807, 2.05) is 19.2 Å². The second-order valence-corrected chi connectivity index (χ2v) is 6.99. The molecule has 24 heavy (non-hydrogen) atoms. The fourth-order valence-corrected chi connectivity index (χ4v) is 3.56. The first kappa shape index (κ1) is 17.2. The Labute approximate surface area is 148 Å². The first-order chi connectivity index (χ1) is 11.6. The third kappa shape index (κ3) is 3.54. The number of aryl methyl sites for hydroxylation is 1. The fourth-order valence-electron chi connectivity index (χ4n) is 3.35. The van der Waals surface area contributed by atoms with E-state index < -0.39 is 0 Å². The lowest BCUT2D eigenvalue weighted by Gasteiger charge is -2.25. The van der Waals surface area contributed by atoms with Crippen LogP contribution in [-0.4, -0.2) is 39.1 Å². The monoisotopic (exact) mass is 348 g/mol. The first-order valence-corrected chi connectivity index (χ1v) is 8.92. The van der Waals surface area contributed by atoms with Gasteiger partial charge in [0.05, 0.1) is 5.69 Å². The maximum Gasteiger partial charge on any atom is 0.151 e. The van der Waals surface area contributed by atoms with E-state index in [9.17, 15) is 0 Å². The van der Waals surface area contributed by atoms with Crippen LogP contribution in [0.4, 0.5) is 5.82 Å². The molecule has 1 aliphatic heterocycles. The van der Waals surface area contributed by atoms with Crippen molar-refractivity contribution in [1.82, 2.24) is 25.3 Å². The number of nitrogens with one attached hydrogen (secondary N) is 1. The third-order valence-corrected chi connectivity index (χ3v) is 5.03. The van der Waals surface area contributed by atoms with E-state index in [1.54, 1.807) is 10.9 Å². The van der Waals surface area contributed by atoms with Gasteiger partial charge in [-0.25, -0.2) is 0 Å². The zero-order valence-electron chi connectivity index (χ0n) is 14.5. The molecule has 1 atom stereocenters. The number of halogens is 1. The van der Waals surface area contributed by atoms with Crippen LogP contribution in [0, 0.1) is 0 Å². The van der Waals surface area contributed by atoms with E-state index >= 15 is 0 Å². The smallest absolute Gasteiger partial charge is 0.151 e. The molecule has 0 aliphatic carbocycles. The van der Waals surface area contributed by atoms with Crippen LogP contribution in [-0.2, 0) is 13.6 Å². The van der Waals surface area contributed by atoms with Crippen LogP contribution in [0.2, 0.25) is 5.15 Å². The Hall–Kier alpha value is -1.66. The molecule has 2 aromatic rings. The fraction of sp³-hybridized carbons (Fsp3) is 0.588. The summed E-state index contributed by atoms with van der Waals surface area (Å²) >= 11 is 6.41. The minimum absolute atomic E-state index is 0.364. The Balaban J connectivity index is 1.62. The summed E-state index contributed by atoms with van der Waals surface area (Å²) in [7, 11) is 1.89. The Morgan fingerprint density at radius 3 is 2.96 bits per heavy atom. The van der Waals surface area contributed by atoms with E-state index in [1.165, 1.54) is 12.8 Å². The van der Waals surface area contributed by atoms with Crippen LogP contribution in [0.15, 0.2) is 18.3 Å². The highest BCUT2D eigenvalue weighted by Crippen LogP contribution is 2.26. The second-order valence-electron chi connectivity index (χ2n) is 6.64. The van der Waals surface area contributed by atoms with E-state index in [-0.39, 0.29) is 0 Å². The van der Waals surface area contributed by atoms with Crippen LogP contribution < -0.4 is 10.2 Å². The van der Waals surface area contributed by atoms with Gasteiger partial charge in [0.15, 0.2) is 5.82 Å². The molecule has 2 aromatic heterocycles. The standard InChI is InChI=1S/C17H25ClN6/c1-12(2)16-14(17(18)23(3)22-16)11-19-10-13-6-5-9-24(13)15-7-4-8-20-21-15/h4,7-8,12-13,19H,5-6,9-11H2,1-3H3/t13-/m1/s1. The summed E-state index contributed by atoms with van der Waals surface area (Å²) in [6.07, 6.45) is 4.07. The van der Waals surface area contributed by atoms with Crippen molar-refractivity contribution < 1.29 is 0 Å². The number of anilines is 1. The number of hydrogen-bond donors (Lipinski definition) is 1. The van der Waals surface area contributed by atoms with Crippen molar-refractivity contribution in [3.05, 3.63) is 34.7 Å². The minimum atomic E-state index is 0.364. The molecular formula is C17H25ClN6. The highest BCUT2D eigenvalue weighted by atomic mass is 35.5. The van der Waals surface area contributed by atoms with Crippen molar-refractivity contribution in [1.29, 1.82) is 0 Å². The normalized spacial score (nSPS) is 17.9. The van der Waals surface area contributed by atoms with Gasteiger partial charge in [-0.05, 0) is 30.9 Å². The van der Waals surface area contributed by atoms with Gasteiger partial charge in [-0.15, -0.1) is 5.10 Å². The van der Waals surface area contributed by atoms with Gasteiger partial charge in [-0.1, -0.05) is 25.4 Å². The quantitative estimate of drug-likeness (QED) is 0.869. The topological polar surface area (TPSA) is 58.9 Å². The number of hydrogen-bond acceptors (Lipinski definition) is 5. The molecule has 1 aliphatic rings. The molecule has 1 saturated heterocycles. The third-order valence-electron chi connectivity index (χ3n) is 4.56. The van der Waals surface area contributed by atoms with Crippen molar-refractivity contribution in [2.75, 3.05) is 18.0 Å². The Morgan fingerprint density at radius 2 is 2.25 bits per heavy atom. The maximum atomic E-state index is 6.41. The summed E-state index contributed by atoms with van der Waals surface area (Å²) in [4.78, 5) is 2.34. The summed E-state index contributed by atoms with van der Waals surface area (Å²) in [6, 6.07) is 4.41. The average molecular weight is 349 g/mol. The van der Waals surface area contributed by atoms with Gasteiger partial charge in [0.1, 0.15) is 5.15 Å². The Bertz CT molecular complexity index is 669. The molecule has 0 saturated carbocycles. The lowest BCUT2D eigenvalue weighted by Crippen LogP contribution is -2.38. The van der Waals surface area contributed by atoms with Gasteiger partial charge in [-0.3, -0.25) is 4.68 Å². The largest absolute Gasteiger partial charge is 0.351 e. The maximum absolute atomic E-state index is 6.41. The van der Waals surface area contributed by atoms with Crippen molar-refractivity contribution in [2.24, 2.45) is 7.05 Å². The van der Waals surface area contributed by atoms with E-state index in [0.717, 1.165) is 41.9 Å². The van der Waals surface area contributed by atoms with Crippen LogP contribution in [0.5, 0.6) is 0 Å². The molecule has 7 heteroatoms. The van der Waals surface area contributed by atoms with E-state index in [2.05, 4.69) is 39.4 Å². The lowest BCUT2D eigenvalue weighted by atomic mass is 10.1. The Morgan fingerprint density at radius 1 is 1.42 bits per heavy atom. The highest BCUT2D eigenvalue weighted by Gasteiger charge is 2.26. The molecule has 0 unspecified atom stereocenters. The molecule has 1 fully saturated rings. The molecule has 0 spiro atoms. The second kappa shape index (κ2) is 7.49. The lowest BCUT2D eigenvalue weighted by molar-refractivity contribution is 0.567. The van der Waals surface area contributed by atoms with Gasteiger partial charge in [-0.2, -0.15) is 10.2 Å². The average Bonchev–Trinajstić information content (AvgIpc) is 3.15. The van der Waals surface area contributed by atoms with E-state index in [0.29, 0.717) is 12.0 Å². The molecule has 6 nitrogen and oxygen atoms in total. The van der Waals surface area contributed by atoms with Crippen LogP contribution in [0.1, 0.15) is 43.9 Å². The number of rotatable bonds is 6. The minimum Gasteiger partial charge on any atom is -0.351 e. The van der Waals surface area contributed by atoms with Crippen molar-refractivity contribution in [3.63, 3.8) is 0 Å².